The molecule has 0 unspecified atom stereocenters. The van der Waals surface area contributed by atoms with Crippen LogP contribution in [0.3, 0.4) is 0 Å². The minimum absolute atomic E-state index is 0.431. The quantitative estimate of drug-likeness (QED) is 0.568. The molecular weight excluding hydrogens is 364 g/mol. The van der Waals surface area contributed by atoms with Crippen LogP contribution in [0.1, 0.15) is 25.0 Å². The van der Waals surface area contributed by atoms with Gasteiger partial charge < -0.3 is 20.3 Å². The number of aromatic nitrogens is 3. The first-order valence-corrected chi connectivity index (χ1v) is 9.78. The zero-order valence-electron chi connectivity index (χ0n) is 17.7. The highest BCUT2D eigenvalue weighted by Gasteiger charge is 2.09. The lowest BCUT2D eigenvalue weighted by Gasteiger charge is -2.22. The van der Waals surface area contributed by atoms with Gasteiger partial charge in [-0.15, -0.1) is 5.10 Å². The van der Waals surface area contributed by atoms with Gasteiger partial charge in [0.2, 0.25) is 5.95 Å². The molecule has 0 aliphatic carbocycles. The number of benzene rings is 2. The topological polar surface area (TPSA) is 75.2 Å². The third-order valence-electron chi connectivity index (χ3n) is 4.76. The highest BCUT2D eigenvalue weighted by atomic mass is 16.5. The van der Waals surface area contributed by atoms with Gasteiger partial charge in [-0.25, -0.2) is 0 Å². The molecule has 0 amide bonds. The molecule has 2 aromatic carbocycles. The van der Waals surface area contributed by atoms with E-state index < -0.39 is 0 Å². The Morgan fingerprint density at radius 1 is 0.966 bits per heavy atom. The van der Waals surface area contributed by atoms with E-state index in [9.17, 15) is 0 Å². The molecule has 2 N–H and O–H groups in total. The third kappa shape index (κ3) is 4.93. The normalized spacial score (nSPS) is 10.5. The number of hydrogen-bond donors (Lipinski definition) is 2. The maximum atomic E-state index is 5.42. The van der Waals surface area contributed by atoms with E-state index in [0.29, 0.717) is 11.8 Å². The molecule has 0 atom stereocenters. The van der Waals surface area contributed by atoms with Gasteiger partial charge in [-0.3, -0.25) is 0 Å². The Morgan fingerprint density at radius 2 is 1.76 bits per heavy atom. The molecule has 3 aromatic rings. The van der Waals surface area contributed by atoms with E-state index in [1.807, 2.05) is 25.1 Å². The second kappa shape index (κ2) is 9.23. The number of ether oxygens (including phenoxy) is 1. The number of nitrogens with zero attached hydrogens (tertiary/aromatic N) is 4. The second-order valence-corrected chi connectivity index (χ2v) is 6.79. The minimum atomic E-state index is 0.431. The highest BCUT2D eigenvalue weighted by Crippen LogP contribution is 2.28. The molecule has 0 radical (unpaired) electrons. The third-order valence-corrected chi connectivity index (χ3v) is 4.76. The van der Waals surface area contributed by atoms with E-state index in [4.69, 9.17) is 4.74 Å². The van der Waals surface area contributed by atoms with Crippen molar-refractivity contribution in [1.82, 2.24) is 15.2 Å². The lowest BCUT2D eigenvalue weighted by atomic mass is 10.1. The number of methoxy groups -OCH3 is 1. The largest absolute Gasteiger partial charge is 0.495 e. The van der Waals surface area contributed by atoms with Crippen molar-refractivity contribution in [2.45, 2.75) is 27.7 Å². The Balaban J connectivity index is 1.79. The summed E-state index contributed by atoms with van der Waals surface area (Å²) in [5.41, 5.74) is 5.24. The Morgan fingerprint density at radius 3 is 2.45 bits per heavy atom. The molecular formula is C22H28N6O. The van der Waals surface area contributed by atoms with Crippen LogP contribution in [0.15, 0.2) is 42.6 Å². The van der Waals surface area contributed by atoms with Crippen LogP contribution in [-0.4, -0.2) is 35.4 Å². The first-order chi connectivity index (χ1) is 14.0. The molecule has 1 heterocycles. The molecule has 0 aliphatic heterocycles. The first-order valence-electron chi connectivity index (χ1n) is 9.78. The fraction of sp³-hybridized carbons (Fsp3) is 0.318. The average Bonchev–Trinajstić information content (AvgIpc) is 2.71. The van der Waals surface area contributed by atoms with Crippen LogP contribution in [0.25, 0.3) is 0 Å². The molecule has 0 bridgehead atoms. The molecule has 7 heteroatoms. The van der Waals surface area contributed by atoms with Gasteiger partial charge in [0.1, 0.15) is 5.75 Å². The summed E-state index contributed by atoms with van der Waals surface area (Å²) >= 11 is 0. The predicted octanol–water partition coefficient (Wildman–Crippen LogP) is 4.83. The molecule has 0 saturated carbocycles. The van der Waals surface area contributed by atoms with Crippen LogP contribution in [-0.2, 0) is 0 Å². The molecule has 1 aromatic heterocycles. The summed E-state index contributed by atoms with van der Waals surface area (Å²) in [6, 6.07) is 12.3. The summed E-state index contributed by atoms with van der Waals surface area (Å²) in [6.45, 7) is 10.4. The summed E-state index contributed by atoms with van der Waals surface area (Å²) in [5.74, 6) is 1.76. The number of anilines is 5. The summed E-state index contributed by atoms with van der Waals surface area (Å²) < 4.78 is 5.42. The van der Waals surface area contributed by atoms with E-state index in [0.717, 1.165) is 41.3 Å². The SMILES string of the molecule is CCN(CC)c1ccc(Nc2nncc(Nc3cc(C)ccc3OC)n2)c(C)c1. The van der Waals surface area contributed by atoms with Crippen molar-refractivity contribution in [2.24, 2.45) is 0 Å². The molecule has 3 rings (SSSR count). The van der Waals surface area contributed by atoms with Gasteiger partial charge in [-0.2, -0.15) is 10.1 Å². The summed E-state index contributed by atoms with van der Waals surface area (Å²) in [5, 5.41) is 14.7. The van der Waals surface area contributed by atoms with Crippen LogP contribution in [0.5, 0.6) is 5.75 Å². The Kier molecular flexibility index (Phi) is 6.49. The maximum Gasteiger partial charge on any atom is 0.249 e. The van der Waals surface area contributed by atoms with Crippen molar-refractivity contribution in [1.29, 1.82) is 0 Å². The standard InChI is InChI=1S/C22H28N6O/c1-6-28(7-2)17-9-10-18(16(4)13-17)25-22-26-21(14-23-27-22)24-19-12-15(3)8-11-20(19)29-5/h8-14H,6-7H2,1-5H3,(H2,24,25,26,27). The smallest absolute Gasteiger partial charge is 0.249 e. The summed E-state index contributed by atoms with van der Waals surface area (Å²) in [4.78, 5) is 6.85. The zero-order chi connectivity index (χ0) is 20.8. The van der Waals surface area contributed by atoms with E-state index in [1.54, 1.807) is 13.3 Å². The van der Waals surface area contributed by atoms with Gasteiger partial charge in [-0.1, -0.05) is 6.07 Å². The van der Waals surface area contributed by atoms with Crippen LogP contribution in [0, 0.1) is 13.8 Å². The van der Waals surface area contributed by atoms with Crippen LogP contribution >= 0.6 is 0 Å². The number of nitrogens with one attached hydrogen (secondary N) is 2. The van der Waals surface area contributed by atoms with E-state index in [-0.39, 0.29) is 0 Å². The zero-order valence-corrected chi connectivity index (χ0v) is 17.7. The molecule has 0 spiro atoms. The Labute approximate surface area is 172 Å². The lowest BCUT2D eigenvalue weighted by molar-refractivity contribution is 0.416. The van der Waals surface area contributed by atoms with E-state index in [1.165, 1.54) is 5.69 Å². The van der Waals surface area contributed by atoms with E-state index in [2.05, 4.69) is 69.7 Å². The second-order valence-electron chi connectivity index (χ2n) is 6.79. The lowest BCUT2D eigenvalue weighted by Crippen LogP contribution is -2.21. The number of hydrogen-bond acceptors (Lipinski definition) is 7. The minimum Gasteiger partial charge on any atom is -0.495 e. The highest BCUT2D eigenvalue weighted by molar-refractivity contribution is 5.67. The monoisotopic (exact) mass is 392 g/mol. The van der Waals surface area contributed by atoms with Gasteiger partial charge in [0.05, 0.1) is 19.0 Å². The van der Waals surface area contributed by atoms with Crippen molar-refractivity contribution >= 4 is 28.8 Å². The van der Waals surface area contributed by atoms with Crippen molar-refractivity contribution in [3.05, 3.63) is 53.7 Å². The molecule has 7 nitrogen and oxygen atoms in total. The van der Waals surface area contributed by atoms with E-state index >= 15 is 0 Å². The molecule has 0 fully saturated rings. The van der Waals surface area contributed by atoms with Crippen LogP contribution in [0.2, 0.25) is 0 Å². The fourth-order valence-corrected chi connectivity index (χ4v) is 3.17. The summed E-state index contributed by atoms with van der Waals surface area (Å²) in [6.07, 6.45) is 1.59. The van der Waals surface area contributed by atoms with Crippen molar-refractivity contribution < 1.29 is 4.74 Å². The number of rotatable bonds is 8. The molecule has 0 saturated heterocycles. The fourth-order valence-electron chi connectivity index (χ4n) is 3.17. The van der Waals surface area contributed by atoms with Gasteiger partial charge in [0, 0.05) is 24.5 Å². The maximum absolute atomic E-state index is 5.42. The van der Waals surface area contributed by atoms with Gasteiger partial charge >= 0.3 is 0 Å². The molecule has 29 heavy (non-hydrogen) atoms. The first kappa shape index (κ1) is 20.4. The summed E-state index contributed by atoms with van der Waals surface area (Å²) in [7, 11) is 1.64. The van der Waals surface area contributed by atoms with Gasteiger partial charge in [0.15, 0.2) is 5.82 Å². The van der Waals surface area contributed by atoms with Crippen molar-refractivity contribution in [3.63, 3.8) is 0 Å². The van der Waals surface area contributed by atoms with Gasteiger partial charge in [0.25, 0.3) is 0 Å². The van der Waals surface area contributed by atoms with Crippen LogP contribution in [0.4, 0.5) is 28.8 Å². The Bertz CT molecular complexity index is 971. The Hall–Kier alpha value is -3.35. The van der Waals surface area contributed by atoms with Crippen LogP contribution < -0.4 is 20.3 Å². The molecule has 152 valence electrons. The number of aryl methyl sites for hydroxylation is 2. The predicted molar refractivity (Wildman–Crippen MR) is 119 cm³/mol. The molecule has 0 aliphatic rings. The van der Waals surface area contributed by atoms with Crippen molar-refractivity contribution in [2.75, 3.05) is 35.7 Å². The average molecular weight is 393 g/mol. The van der Waals surface area contributed by atoms with Crippen molar-refractivity contribution in [3.8, 4) is 5.75 Å². The van der Waals surface area contributed by atoms with Gasteiger partial charge in [-0.05, 0) is 69.2 Å².